The lowest BCUT2D eigenvalue weighted by molar-refractivity contribution is -0.126. The minimum absolute atomic E-state index is 0.435. The van der Waals surface area contributed by atoms with Gasteiger partial charge in [0.25, 0.3) is 5.91 Å². The molecule has 0 aromatic heterocycles. The van der Waals surface area contributed by atoms with Gasteiger partial charge in [-0.2, -0.15) is 0 Å². The Kier molecular flexibility index (Phi) is 5.99. The fraction of sp³-hybridized carbons (Fsp3) is 0.429. The summed E-state index contributed by atoms with van der Waals surface area (Å²) in [6.45, 7) is 5.38. The van der Waals surface area contributed by atoms with E-state index in [0.29, 0.717) is 17.9 Å². The quantitative estimate of drug-likeness (QED) is 0.759. The van der Waals surface area contributed by atoms with Gasteiger partial charge in [0.2, 0.25) is 0 Å². The van der Waals surface area contributed by atoms with Crippen LogP contribution in [0.2, 0.25) is 0 Å². The number of carbonyl (C=O) groups excluding carboxylic acids is 2. The Bertz CT molecular complexity index is 474. The fourth-order valence-electron chi connectivity index (χ4n) is 1.52. The van der Waals surface area contributed by atoms with Crippen molar-refractivity contribution in [3.63, 3.8) is 0 Å². The summed E-state index contributed by atoms with van der Waals surface area (Å²) in [6, 6.07) is 6.27. The van der Waals surface area contributed by atoms with E-state index < -0.39 is 24.1 Å². The average molecular weight is 280 g/mol. The first-order chi connectivity index (χ1) is 9.43. The number of hydrogen-bond acceptors (Lipinski definition) is 4. The molecule has 2 atom stereocenters. The first kappa shape index (κ1) is 16.0. The van der Waals surface area contributed by atoms with Crippen LogP contribution in [0.25, 0.3) is 0 Å². The average Bonchev–Trinajstić information content (AvgIpc) is 2.39. The monoisotopic (exact) mass is 280 g/mol. The fourth-order valence-corrected chi connectivity index (χ4v) is 1.52. The number of aliphatic hydroxyl groups is 1. The van der Waals surface area contributed by atoms with E-state index in [0.717, 1.165) is 0 Å². The molecule has 0 aliphatic heterocycles. The molecule has 6 nitrogen and oxygen atoms in total. The summed E-state index contributed by atoms with van der Waals surface area (Å²) in [5, 5.41) is 14.1. The number of urea groups is 1. The smallest absolute Gasteiger partial charge is 0.321 e. The molecule has 3 N–H and O–H groups in total. The van der Waals surface area contributed by atoms with Crippen molar-refractivity contribution >= 4 is 11.9 Å². The molecule has 0 bridgehead atoms. The van der Waals surface area contributed by atoms with Crippen molar-refractivity contribution in [2.45, 2.75) is 33.0 Å². The Balaban J connectivity index is 2.61. The summed E-state index contributed by atoms with van der Waals surface area (Å²) >= 11 is 0. The zero-order chi connectivity index (χ0) is 15.1. The minimum Gasteiger partial charge on any atom is -0.481 e. The lowest BCUT2D eigenvalue weighted by Gasteiger charge is -2.15. The summed E-state index contributed by atoms with van der Waals surface area (Å²) in [6.07, 6.45) is -1.43. The number of ether oxygens (including phenoxy) is 1. The maximum Gasteiger partial charge on any atom is 0.321 e. The van der Waals surface area contributed by atoms with E-state index in [9.17, 15) is 14.7 Å². The van der Waals surface area contributed by atoms with Crippen molar-refractivity contribution in [3.05, 3.63) is 29.8 Å². The minimum atomic E-state index is -0.818. The van der Waals surface area contributed by atoms with Crippen molar-refractivity contribution in [3.8, 4) is 5.75 Å². The molecule has 110 valence electrons. The highest BCUT2D eigenvalue weighted by Gasteiger charge is 2.17. The number of nitrogens with one attached hydrogen (secondary N) is 2. The van der Waals surface area contributed by atoms with Gasteiger partial charge in [-0.15, -0.1) is 0 Å². The van der Waals surface area contributed by atoms with Crippen molar-refractivity contribution in [1.29, 1.82) is 0 Å². The van der Waals surface area contributed by atoms with Crippen molar-refractivity contribution in [2.75, 3.05) is 6.54 Å². The van der Waals surface area contributed by atoms with Crippen molar-refractivity contribution in [1.82, 2.24) is 10.6 Å². The van der Waals surface area contributed by atoms with E-state index in [1.165, 1.54) is 0 Å². The maximum atomic E-state index is 11.7. The van der Waals surface area contributed by atoms with Crippen molar-refractivity contribution in [2.24, 2.45) is 0 Å². The van der Waals surface area contributed by atoms with Crippen LogP contribution in [0.15, 0.2) is 24.3 Å². The van der Waals surface area contributed by atoms with Crippen LogP contribution in [0.4, 0.5) is 4.79 Å². The summed E-state index contributed by atoms with van der Waals surface area (Å²) in [5.41, 5.74) is 0.693. The van der Waals surface area contributed by atoms with Gasteiger partial charge >= 0.3 is 6.03 Å². The Hall–Kier alpha value is -2.08. The molecular weight excluding hydrogens is 260 g/mol. The lowest BCUT2D eigenvalue weighted by atomic mass is 10.1. The molecule has 0 fully saturated rings. The van der Waals surface area contributed by atoms with Crippen LogP contribution in [0.3, 0.4) is 0 Å². The Morgan fingerprint density at radius 1 is 1.35 bits per heavy atom. The van der Waals surface area contributed by atoms with E-state index in [-0.39, 0.29) is 0 Å². The topological polar surface area (TPSA) is 87.7 Å². The van der Waals surface area contributed by atoms with E-state index in [4.69, 9.17) is 4.74 Å². The zero-order valence-corrected chi connectivity index (χ0v) is 11.8. The molecule has 0 saturated carbocycles. The number of rotatable bonds is 5. The molecule has 3 amide bonds. The SMILES string of the molecule is CCNC(=O)NC(=O)C(C)Oc1cccc(C(C)O)c1. The molecule has 0 aliphatic rings. The van der Waals surface area contributed by atoms with Gasteiger partial charge < -0.3 is 15.2 Å². The molecular formula is C14H20N2O4. The predicted molar refractivity (Wildman–Crippen MR) is 74.4 cm³/mol. The third kappa shape index (κ3) is 4.89. The van der Waals surface area contributed by atoms with E-state index in [2.05, 4.69) is 10.6 Å². The van der Waals surface area contributed by atoms with Gasteiger partial charge in [0.1, 0.15) is 5.75 Å². The molecule has 0 saturated heterocycles. The summed E-state index contributed by atoms with van der Waals surface area (Å²) in [4.78, 5) is 22.9. The second-order valence-electron chi connectivity index (χ2n) is 4.36. The van der Waals surface area contributed by atoms with Gasteiger partial charge in [-0.3, -0.25) is 10.1 Å². The van der Waals surface area contributed by atoms with Crippen LogP contribution in [-0.2, 0) is 4.79 Å². The van der Waals surface area contributed by atoms with Crippen LogP contribution in [0, 0.1) is 0 Å². The molecule has 0 spiro atoms. The molecule has 1 aromatic carbocycles. The number of aliphatic hydroxyl groups excluding tert-OH is 1. The van der Waals surface area contributed by atoms with E-state index >= 15 is 0 Å². The van der Waals surface area contributed by atoms with Crippen LogP contribution in [0.5, 0.6) is 5.75 Å². The van der Waals surface area contributed by atoms with Gasteiger partial charge in [-0.05, 0) is 38.5 Å². The van der Waals surface area contributed by atoms with Gasteiger partial charge in [-0.1, -0.05) is 12.1 Å². The number of hydrogen-bond donors (Lipinski definition) is 3. The molecule has 20 heavy (non-hydrogen) atoms. The van der Waals surface area contributed by atoms with Crippen LogP contribution in [-0.4, -0.2) is 29.7 Å². The normalized spacial score (nSPS) is 13.2. The van der Waals surface area contributed by atoms with Gasteiger partial charge in [0.05, 0.1) is 6.10 Å². The highest BCUT2D eigenvalue weighted by molar-refractivity contribution is 5.96. The molecule has 1 aromatic rings. The zero-order valence-electron chi connectivity index (χ0n) is 11.8. The molecule has 0 radical (unpaired) electrons. The Morgan fingerprint density at radius 2 is 2.05 bits per heavy atom. The first-order valence-corrected chi connectivity index (χ1v) is 6.47. The van der Waals surface area contributed by atoms with Gasteiger partial charge in [-0.25, -0.2) is 4.79 Å². The summed E-state index contributed by atoms with van der Waals surface area (Å²) in [5.74, 6) is -0.0691. The number of imide groups is 1. The first-order valence-electron chi connectivity index (χ1n) is 6.47. The highest BCUT2D eigenvalue weighted by atomic mass is 16.5. The molecule has 0 aliphatic carbocycles. The molecule has 2 unspecified atom stereocenters. The third-order valence-corrected chi connectivity index (χ3v) is 2.60. The largest absolute Gasteiger partial charge is 0.481 e. The van der Waals surface area contributed by atoms with Gasteiger partial charge in [0, 0.05) is 6.54 Å². The Morgan fingerprint density at radius 3 is 2.65 bits per heavy atom. The second kappa shape index (κ2) is 7.49. The third-order valence-electron chi connectivity index (χ3n) is 2.60. The number of carbonyl (C=O) groups is 2. The van der Waals surface area contributed by atoms with E-state index in [1.807, 2.05) is 0 Å². The second-order valence-corrected chi connectivity index (χ2v) is 4.36. The molecule has 1 rings (SSSR count). The van der Waals surface area contributed by atoms with E-state index in [1.54, 1.807) is 45.0 Å². The number of benzene rings is 1. The molecule has 6 heteroatoms. The number of amides is 3. The van der Waals surface area contributed by atoms with Crippen LogP contribution >= 0.6 is 0 Å². The Labute approximate surface area is 118 Å². The van der Waals surface area contributed by atoms with Crippen LogP contribution < -0.4 is 15.4 Å². The predicted octanol–water partition coefficient (Wildman–Crippen LogP) is 1.35. The van der Waals surface area contributed by atoms with Crippen molar-refractivity contribution < 1.29 is 19.4 Å². The molecule has 0 heterocycles. The lowest BCUT2D eigenvalue weighted by Crippen LogP contribution is -2.45. The highest BCUT2D eigenvalue weighted by Crippen LogP contribution is 2.19. The summed E-state index contributed by atoms with van der Waals surface area (Å²) < 4.78 is 5.44. The standard InChI is InChI=1S/C14H20N2O4/c1-4-15-14(19)16-13(18)10(3)20-12-7-5-6-11(8-12)9(2)17/h5-10,17H,4H2,1-3H3,(H2,15,16,18,19). The maximum absolute atomic E-state index is 11.7. The van der Waals surface area contributed by atoms with Crippen LogP contribution in [0.1, 0.15) is 32.4 Å². The van der Waals surface area contributed by atoms with Gasteiger partial charge in [0.15, 0.2) is 6.10 Å². The summed E-state index contributed by atoms with van der Waals surface area (Å²) in [7, 11) is 0.